The molecular formula is C25H19BrN2O5. The molecule has 0 saturated heterocycles. The third-order valence-electron chi connectivity index (χ3n) is 4.56. The van der Waals surface area contributed by atoms with E-state index in [0.717, 1.165) is 10.0 Å². The minimum atomic E-state index is -1.12. The lowest BCUT2D eigenvalue weighted by Crippen LogP contribution is -2.14. The molecule has 2 N–H and O–H groups in total. The van der Waals surface area contributed by atoms with Crippen LogP contribution >= 0.6 is 15.9 Å². The molecule has 3 aromatic rings. The Hall–Kier alpha value is -4.09. The molecule has 0 unspecified atom stereocenters. The number of ether oxygens (including phenoxy) is 2. The van der Waals surface area contributed by atoms with E-state index < -0.39 is 11.9 Å². The molecule has 0 fully saturated rings. The van der Waals surface area contributed by atoms with E-state index in [2.05, 4.69) is 21.2 Å². The average Bonchev–Trinajstić information content (AvgIpc) is 2.82. The van der Waals surface area contributed by atoms with Gasteiger partial charge in [0.25, 0.3) is 5.91 Å². The maximum atomic E-state index is 12.7. The van der Waals surface area contributed by atoms with Crippen molar-refractivity contribution in [3.63, 3.8) is 0 Å². The number of rotatable bonds is 8. The predicted octanol–water partition coefficient (Wildman–Crippen LogP) is 5.28. The van der Waals surface area contributed by atoms with Crippen molar-refractivity contribution in [1.82, 2.24) is 0 Å². The number of nitriles is 1. The van der Waals surface area contributed by atoms with Gasteiger partial charge in [0.1, 0.15) is 18.2 Å². The van der Waals surface area contributed by atoms with Crippen LogP contribution in [-0.4, -0.2) is 24.1 Å². The summed E-state index contributed by atoms with van der Waals surface area (Å²) in [4.78, 5) is 23.8. The Bertz CT molecular complexity index is 1250. The van der Waals surface area contributed by atoms with E-state index in [1.165, 1.54) is 37.5 Å². The number of carboxylic acid groups (broad SMARTS) is 1. The average molecular weight is 507 g/mol. The van der Waals surface area contributed by atoms with Crippen LogP contribution in [0.2, 0.25) is 0 Å². The number of aromatic carboxylic acids is 1. The van der Waals surface area contributed by atoms with Crippen LogP contribution < -0.4 is 14.8 Å². The first kappa shape index (κ1) is 23.6. The Balaban J connectivity index is 1.87. The second kappa shape index (κ2) is 11.0. The fourth-order valence-electron chi connectivity index (χ4n) is 2.93. The molecule has 0 radical (unpaired) electrons. The number of halogens is 1. The van der Waals surface area contributed by atoms with Crippen molar-refractivity contribution < 1.29 is 24.2 Å². The summed E-state index contributed by atoms with van der Waals surface area (Å²) in [6.07, 6.45) is 1.40. The Kier molecular flexibility index (Phi) is 7.84. The normalized spacial score (nSPS) is 10.8. The van der Waals surface area contributed by atoms with Gasteiger partial charge in [0.2, 0.25) is 0 Å². The third-order valence-corrected chi connectivity index (χ3v) is 5.09. The molecule has 33 heavy (non-hydrogen) atoms. The van der Waals surface area contributed by atoms with Crippen LogP contribution in [0.25, 0.3) is 6.08 Å². The number of carbonyl (C=O) groups is 2. The lowest BCUT2D eigenvalue weighted by molar-refractivity contribution is -0.112. The molecule has 0 aliphatic carbocycles. The molecule has 0 atom stereocenters. The van der Waals surface area contributed by atoms with Crippen LogP contribution in [0.4, 0.5) is 5.69 Å². The Morgan fingerprint density at radius 3 is 2.52 bits per heavy atom. The first-order chi connectivity index (χ1) is 15.9. The monoisotopic (exact) mass is 506 g/mol. The van der Waals surface area contributed by atoms with Crippen LogP contribution in [0.5, 0.6) is 11.5 Å². The quantitative estimate of drug-likeness (QED) is 0.317. The highest BCUT2D eigenvalue weighted by Crippen LogP contribution is 2.33. The zero-order valence-electron chi connectivity index (χ0n) is 17.5. The first-order valence-corrected chi connectivity index (χ1v) is 10.5. The van der Waals surface area contributed by atoms with Crippen LogP contribution in [0, 0.1) is 11.3 Å². The molecule has 0 saturated carbocycles. The fraction of sp³-hybridized carbons (Fsp3) is 0.0800. The number of amides is 1. The molecule has 3 aromatic carbocycles. The minimum absolute atomic E-state index is 0.0201. The number of carboxylic acids is 1. The highest BCUT2D eigenvalue weighted by molar-refractivity contribution is 9.10. The smallest absolute Gasteiger partial charge is 0.335 e. The van der Waals surface area contributed by atoms with Gasteiger partial charge in [-0.25, -0.2) is 4.79 Å². The highest BCUT2D eigenvalue weighted by atomic mass is 79.9. The van der Waals surface area contributed by atoms with Gasteiger partial charge in [-0.1, -0.05) is 46.3 Å². The van der Waals surface area contributed by atoms with Gasteiger partial charge in [-0.2, -0.15) is 5.26 Å². The molecule has 0 aromatic heterocycles. The lowest BCUT2D eigenvalue weighted by atomic mass is 10.1. The van der Waals surface area contributed by atoms with Gasteiger partial charge >= 0.3 is 5.97 Å². The topological polar surface area (TPSA) is 109 Å². The van der Waals surface area contributed by atoms with Gasteiger partial charge in [-0.15, -0.1) is 0 Å². The Labute approximate surface area is 199 Å². The van der Waals surface area contributed by atoms with Crippen molar-refractivity contribution in [2.75, 3.05) is 12.4 Å². The number of hydrogen-bond donors (Lipinski definition) is 2. The van der Waals surface area contributed by atoms with Crippen molar-refractivity contribution >= 4 is 39.6 Å². The highest BCUT2D eigenvalue weighted by Gasteiger charge is 2.15. The molecule has 0 aliphatic rings. The van der Waals surface area contributed by atoms with E-state index in [0.29, 0.717) is 17.1 Å². The van der Waals surface area contributed by atoms with Gasteiger partial charge in [-0.05, 0) is 48.0 Å². The van der Waals surface area contributed by atoms with Crippen LogP contribution in [0.3, 0.4) is 0 Å². The van der Waals surface area contributed by atoms with Crippen LogP contribution in [-0.2, 0) is 11.4 Å². The fourth-order valence-corrected chi connectivity index (χ4v) is 3.19. The van der Waals surface area contributed by atoms with Crippen molar-refractivity contribution in [2.45, 2.75) is 6.61 Å². The Morgan fingerprint density at radius 1 is 1.12 bits per heavy atom. The number of anilines is 1. The van der Waals surface area contributed by atoms with E-state index in [1.54, 1.807) is 18.2 Å². The summed E-state index contributed by atoms with van der Waals surface area (Å²) in [6, 6.07) is 20.4. The molecule has 0 spiro atoms. The predicted molar refractivity (Wildman–Crippen MR) is 127 cm³/mol. The van der Waals surface area contributed by atoms with Gasteiger partial charge in [-0.3, -0.25) is 4.79 Å². The SMILES string of the molecule is COc1cccc(/C=C(\C#N)C(=O)Nc2cccc(C(=O)O)c2)c1OCc1ccc(Br)cc1. The number of methoxy groups -OCH3 is 1. The molecule has 8 heteroatoms. The first-order valence-electron chi connectivity index (χ1n) is 9.72. The summed E-state index contributed by atoms with van der Waals surface area (Å²) in [5, 5.41) is 21.2. The van der Waals surface area contributed by atoms with Gasteiger partial charge in [0, 0.05) is 15.7 Å². The van der Waals surface area contributed by atoms with Gasteiger partial charge in [0.15, 0.2) is 11.5 Å². The van der Waals surface area contributed by atoms with E-state index >= 15 is 0 Å². The standard InChI is InChI=1S/C25H19BrN2O5/c1-32-22-7-3-4-17(23(22)33-15-16-8-10-20(26)11-9-16)12-19(14-27)24(29)28-21-6-2-5-18(13-21)25(30)31/h2-13H,15H2,1H3,(H,28,29)(H,30,31)/b19-12+. The number of hydrogen-bond acceptors (Lipinski definition) is 5. The second-order valence-electron chi connectivity index (χ2n) is 6.80. The molecule has 1 amide bonds. The van der Waals surface area contributed by atoms with Gasteiger partial charge < -0.3 is 19.9 Å². The number of benzene rings is 3. The van der Waals surface area contributed by atoms with E-state index in [4.69, 9.17) is 14.6 Å². The number of carbonyl (C=O) groups excluding carboxylic acids is 1. The van der Waals surface area contributed by atoms with Crippen molar-refractivity contribution in [2.24, 2.45) is 0 Å². The maximum Gasteiger partial charge on any atom is 0.335 e. The molecular weight excluding hydrogens is 488 g/mol. The largest absolute Gasteiger partial charge is 0.493 e. The van der Waals surface area contributed by atoms with E-state index in [-0.39, 0.29) is 23.4 Å². The van der Waals surface area contributed by atoms with E-state index in [9.17, 15) is 14.9 Å². The lowest BCUT2D eigenvalue weighted by Gasteiger charge is -2.14. The molecule has 0 heterocycles. The minimum Gasteiger partial charge on any atom is -0.493 e. The number of nitrogens with one attached hydrogen (secondary N) is 1. The van der Waals surface area contributed by atoms with Crippen molar-refractivity contribution in [3.05, 3.63) is 93.5 Å². The third kappa shape index (κ3) is 6.21. The molecule has 0 bridgehead atoms. The zero-order valence-corrected chi connectivity index (χ0v) is 19.1. The molecule has 3 rings (SSSR count). The maximum absolute atomic E-state index is 12.7. The second-order valence-corrected chi connectivity index (χ2v) is 7.72. The summed E-state index contributed by atoms with van der Waals surface area (Å²) in [6.45, 7) is 0.255. The summed E-state index contributed by atoms with van der Waals surface area (Å²) < 4.78 is 12.3. The summed E-state index contributed by atoms with van der Waals surface area (Å²) >= 11 is 3.39. The summed E-state index contributed by atoms with van der Waals surface area (Å²) in [5.74, 6) is -0.961. The number of nitrogens with zero attached hydrogens (tertiary/aromatic N) is 1. The summed E-state index contributed by atoms with van der Waals surface area (Å²) in [5.41, 5.74) is 1.51. The van der Waals surface area contributed by atoms with Crippen LogP contribution in [0.1, 0.15) is 21.5 Å². The molecule has 0 aliphatic heterocycles. The Morgan fingerprint density at radius 2 is 1.85 bits per heavy atom. The van der Waals surface area contributed by atoms with Gasteiger partial charge in [0.05, 0.1) is 12.7 Å². The van der Waals surface area contributed by atoms with E-state index in [1.807, 2.05) is 30.3 Å². The van der Waals surface area contributed by atoms with Crippen molar-refractivity contribution in [1.29, 1.82) is 5.26 Å². The molecule has 7 nitrogen and oxygen atoms in total. The molecule has 166 valence electrons. The zero-order chi connectivity index (χ0) is 23.8. The number of para-hydroxylation sites is 1. The van der Waals surface area contributed by atoms with Crippen molar-refractivity contribution in [3.8, 4) is 17.6 Å². The van der Waals surface area contributed by atoms with Crippen LogP contribution in [0.15, 0.2) is 76.8 Å². The summed E-state index contributed by atoms with van der Waals surface area (Å²) in [7, 11) is 1.50.